The van der Waals surface area contributed by atoms with E-state index in [4.69, 9.17) is 0 Å². The maximum atomic E-state index is 12.4. The molecule has 3 rings (SSSR count). The predicted molar refractivity (Wildman–Crippen MR) is 101 cm³/mol. The van der Waals surface area contributed by atoms with Crippen LogP contribution in [-0.2, 0) is 4.79 Å². The monoisotopic (exact) mass is 403 g/mol. The molecule has 1 saturated heterocycles. The Labute approximate surface area is 156 Å². The molecule has 0 bridgehead atoms. The summed E-state index contributed by atoms with van der Waals surface area (Å²) in [6.45, 7) is 5.74. The first-order valence-electron chi connectivity index (χ1n) is 8.41. The Morgan fingerprint density at radius 3 is 2.52 bits per heavy atom. The number of aromatic nitrogens is 2. The van der Waals surface area contributed by atoms with Crippen molar-refractivity contribution in [3.63, 3.8) is 0 Å². The van der Waals surface area contributed by atoms with Crippen LogP contribution in [0.15, 0.2) is 47.2 Å². The lowest BCUT2D eigenvalue weighted by Gasteiger charge is -2.34. The van der Waals surface area contributed by atoms with E-state index < -0.39 is 0 Å². The number of benzene rings is 1. The van der Waals surface area contributed by atoms with Crippen molar-refractivity contribution in [2.45, 2.75) is 13.0 Å². The van der Waals surface area contributed by atoms with Crippen molar-refractivity contribution in [3.8, 4) is 0 Å². The fourth-order valence-corrected chi connectivity index (χ4v) is 3.58. The van der Waals surface area contributed by atoms with Crippen LogP contribution in [0.2, 0.25) is 0 Å². The van der Waals surface area contributed by atoms with Crippen molar-refractivity contribution in [2.75, 3.05) is 37.6 Å². The summed E-state index contributed by atoms with van der Waals surface area (Å²) in [6.07, 6.45) is 3.51. The maximum Gasteiger partial charge on any atom is 0.234 e. The molecule has 2 heterocycles. The smallest absolute Gasteiger partial charge is 0.234 e. The SMILES string of the molecule is C[C@@H](NC(=O)CN1CCN(c2ncccn2)CC1)c1ccccc1Br. The molecule has 1 fully saturated rings. The average molecular weight is 404 g/mol. The van der Waals surface area contributed by atoms with Gasteiger partial charge in [-0.1, -0.05) is 34.1 Å². The summed E-state index contributed by atoms with van der Waals surface area (Å²) >= 11 is 3.54. The lowest BCUT2D eigenvalue weighted by molar-refractivity contribution is -0.123. The molecule has 6 nitrogen and oxygen atoms in total. The fourth-order valence-electron chi connectivity index (χ4n) is 2.95. The van der Waals surface area contributed by atoms with Gasteiger partial charge in [0.2, 0.25) is 11.9 Å². The highest BCUT2D eigenvalue weighted by Gasteiger charge is 2.21. The third-order valence-corrected chi connectivity index (χ3v) is 5.05. The molecule has 1 aromatic heterocycles. The molecule has 0 spiro atoms. The van der Waals surface area contributed by atoms with Crippen molar-refractivity contribution in [1.29, 1.82) is 0 Å². The van der Waals surface area contributed by atoms with Crippen LogP contribution in [0.1, 0.15) is 18.5 Å². The normalized spacial score (nSPS) is 16.5. The standard InChI is InChI=1S/C18H22BrN5O/c1-14(15-5-2-3-6-16(15)19)22-17(25)13-23-9-11-24(12-10-23)18-20-7-4-8-21-18/h2-8,14H,9-13H2,1H3,(H,22,25)/t14-/m1/s1. The van der Waals surface area contributed by atoms with Gasteiger partial charge in [0, 0.05) is 43.0 Å². The molecule has 0 saturated carbocycles. The Bertz CT molecular complexity index is 704. The van der Waals surface area contributed by atoms with Crippen LogP contribution in [-0.4, -0.2) is 53.5 Å². The zero-order valence-corrected chi connectivity index (χ0v) is 15.8. The molecule has 1 atom stereocenters. The van der Waals surface area contributed by atoms with E-state index in [1.165, 1.54) is 0 Å². The fraction of sp³-hybridized carbons (Fsp3) is 0.389. The second-order valence-corrected chi connectivity index (χ2v) is 6.98. The van der Waals surface area contributed by atoms with E-state index in [1.54, 1.807) is 12.4 Å². The quantitative estimate of drug-likeness (QED) is 0.829. The van der Waals surface area contributed by atoms with Gasteiger partial charge < -0.3 is 10.2 Å². The second kappa shape index (κ2) is 8.40. The second-order valence-electron chi connectivity index (χ2n) is 6.12. The summed E-state index contributed by atoms with van der Waals surface area (Å²) in [4.78, 5) is 25.2. The molecule has 0 aliphatic carbocycles. The molecule has 0 unspecified atom stereocenters. The average Bonchev–Trinajstić information content (AvgIpc) is 2.63. The number of amides is 1. The van der Waals surface area contributed by atoms with E-state index in [0.29, 0.717) is 6.54 Å². The maximum absolute atomic E-state index is 12.4. The highest BCUT2D eigenvalue weighted by molar-refractivity contribution is 9.10. The van der Waals surface area contributed by atoms with Crippen molar-refractivity contribution in [2.24, 2.45) is 0 Å². The first kappa shape index (κ1) is 17.8. The summed E-state index contributed by atoms with van der Waals surface area (Å²) in [5.41, 5.74) is 1.09. The van der Waals surface area contributed by atoms with Gasteiger partial charge in [0.1, 0.15) is 0 Å². The van der Waals surface area contributed by atoms with Crippen LogP contribution in [0, 0.1) is 0 Å². The molecule has 1 aliphatic heterocycles. The van der Waals surface area contributed by atoms with Gasteiger partial charge >= 0.3 is 0 Å². The zero-order chi connectivity index (χ0) is 17.6. The summed E-state index contributed by atoms with van der Waals surface area (Å²) in [7, 11) is 0. The molecular weight excluding hydrogens is 382 g/mol. The number of piperazine rings is 1. The minimum atomic E-state index is -0.0258. The summed E-state index contributed by atoms with van der Waals surface area (Å²) in [5, 5.41) is 3.08. The Morgan fingerprint density at radius 2 is 1.84 bits per heavy atom. The zero-order valence-electron chi connectivity index (χ0n) is 14.2. The molecule has 25 heavy (non-hydrogen) atoms. The lowest BCUT2D eigenvalue weighted by atomic mass is 10.1. The number of carbonyl (C=O) groups excluding carboxylic acids is 1. The van der Waals surface area contributed by atoms with Gasteiger partial charge in [-0.3, -0.25) is 9.69 Å². The number of anilines is 1. The van der Waals surface area contributed by atoms with E-state index >= 15 is 0 Å². The highest BCUT2D eigenvalue weighted by atomic mass is 79.9. The number of hydrogen-bond donors (Lipinski definition) is 1. The minimum Gasteiger partial charge on any atom is -0.348 e. The van der Waals surface area contributed by atoms with Crippen LogP contribution in [0.3, 0.4) is 0 Å². The van der Waals surface area contributed by atoms with Crippen molar-refractivity contribution in [3.05, 3.63) is 52.8 Å². The molecule has 0 radical (unpaired) electrons. The van der Waals surface area contributed by atoms with Gasteiger partial charge in [-0.05, 0) is 24.6 Å². The largest absolute Gasteiger partial charge is 0.348 e. The topological polar surface area (TPSA) is 61.4 Å². The van der Waals surface area contributed by atoms with Gasteiger partial charge in [-0.15, -0.1) is 0 Å². The van der Waals surface area contributed by atoms with Crippen molar-refractivity contribution < 1.29 is 4.79 Å². The summed E-state index contributed by atoms with van der Waals surface area (Å²) in [6, 6.07) is 9.75. The van der Waals surface area contributed by atoms with Gasteiger partial charge in [0.05, 0.1) is 12.6 Å². The Morgan fingerprint density at radius 1 is 1.16 bits per heavy atom. The van der Waals surface area contributed by atoms with Gasteiger partial charge in [-0.2, -0.15) is 0 Å². The van der Waals surface area contributed by atoms with Gasteiger partial charge in [-0.25, -0.2) is 9.97 Å². The Balaban J connectivity index is 1.47. The van der Waals surface area contributed by atoms with E-state index in [0.717, 1.165) is 42.2 Å². The van der Waals surface area contributed by atoms with E-state index in [1.807, 2.05) is 37.3 Å². The first-order valence-corrected chi connectivity index (χ1v) is 9.21. The highest BCUT2D eigenvalue weighted by Crippen LogP contribution is 2.22. The molecule has 1 aliphatic rings. The third-order valence-electron chi connectivity index (χ3n) is 4.32. The third kappa shape index (κ3) is 4.76. The van der Waals surface area contributed by atoms with E-state index in [9.17, 15) is 4.79 Å². The number of nitrogens with zero attached hydrogens (tertiary/aromatic N) is 4. The van der Waals surface area contributed by atoms with Gasteiger partial charge in [0.15, 0.2) is 0 Å². The van der Waals surface area contributed by atoms with E-state index in [2.05, 4.69) is 41.0 Å². The Hall–Kier alpha value is -1.99. The van der Waals surface area contributed by atoms with Gasteiger partial charge in [0.25, 0.3) is 0 Å². The van der Waals surface area contributed by atoms with Crippen LogP contribution in [0.5, 0.6) is 0 Å². The van der Waals surface area contributed by atoms with Crippen LogP contribution in [0.4, 0.5) is 5.95 Å². The lowest BCUT2D eigenvalue weighted by Crippen LogP contribution is -2.50. The van der Waals surface area contributed by atoms with Crippen LogP contribution >= 0.6 is 15.9 Å². The van der Waals surface area contributed by atoms with E-state index in [-0.39, 0.29) is 11.9 Å². The Kier molecular flexibility index (Phi) is 5.99. The molecule has 1 N–H and O–H groups in total. The number of carbonyl (C=O) groups is 1. The van der Waals surface area contributed by atoms with Crippen LogP contribution in [0.25, 0.3) is 0 Å². The first-order chi connectivity index (χ1) is 12.1. The molecule has 132 valence electrons. The molecular formula is C18H22BrN5O. The number of nitrogens with one attached hydrogen (secondary N) is 1. The molecule has 7 heteroatoms. The van der Waals surface area contributed by atoms with Crippen molar-refractivity contribution in [1.82, 2.24) is 20.2 Å². The number of hydrogen-bond acceptors (Lipinski definition) is 5. The summed E-state index contributed by atoms with van der Waals surface area (Å²) < 4.78 is 1.01. The van der Waals surface area contributed by atoms with Crippen LogP contribution < -0.4 is 10.2 Å². The number of rotatable bonds is 5. The molecule has 1 amide bonds. The van der Waals surface area contributed by atoms with Crippen molar-refractivity contribution >= 4 is 27.8 Å². The molecule has 1 aromatic carbocycles. The minimum absolute atomic E-state index is 0.0258. The molecule has 2 aromatic rings. The predicted octanol–water partition coefficient (Wildman–Crippen LogP) is 2.24. The summed E-state index contributed by atoms with van der Waals surface area (Å²) in [5.74, 6) is 0.807. The number of halogens is 1.